The summed E-state index contributed by atoms with van der Waals surface area (Å²) in [4.78, 5) is 24.8. The van der Waals surface area contributed by atoms with Crippen molar-refractivity contribution in [3.8, 4) is 11.5 Å². The van der Waals surface area contributed by atoms with E-state index in [4.69, 9.17) is 9.84 Å². The van der Waals surface area contributed by atoms with Gasteiger partial charge in [-0.1, -0.05) is 15.9 Å². The molecule has 2 amide bonds. The van der Waals surface area contributed by atoms with Crippen LogP contribution in [0.5, 0.6) is 11.5 Å². The van der Waals surface area contributed by atoms with Crippen LogP contribution in [0.1, 0.15) is 5.56 Å². The van der Waals surface area contributed by atoms with Crippen LogP contribution in [0.2, 0.25) is 0 Å². The lowest BCUT2D eigenvalue weighted by Crippen LogP contribution is -2.34. The number of ether oxygens (including phenoxy) is 1. The van der Waals surface area contributed by atoms with E-state index in [-0.39, 0.29) is 23.2 Å². The van der Waals surface area contributed by atoms with Gasteiger partial charge in [-0.3, -0.25) is 14.5 Å². The molecule has 1 aliphatic heterocycles. The minimum absolute atomic E-state index is 0.00825. The highest BCUT2D eigenvalue weighted by molar-refractivity contribution is 9.10. The fourth-order valence-corrected chi connectivity index (χ4v) is 3.14. The van der Waals surface area contributed by atoms with E-state index < -0.39 is 70.5 Å². The maximum absolute atomic E-state index is 14.6. The Labute approximate surface area is 184 Å². The molecule has 0 bridgehead atoms. The summed E-state index contributed by atoms with van der Waals surface area (Å²) in [5, 5.41) is 11.2. The summed E-state index contributed by atoms with van der Waals surface area (Å²) in [6.07, 6.45) is -4.21. The topological polar surface area (TPSA) is 78.9 Å². The average molecular weight is 525 g/mol. The fraction of sp³-hybridized carbons (Fsp3) is 0.158. The van der Waals surface area contributed by atoms with Crippen molar-refractivity contribution in [3.05, 3.63) is 63.5 Å². The number of carbonyl (C=O) groups excluding carboxylic acids is 2. The zero-order valence-corrected chi connectivity index (χ0v) is 17.2. The number of amides is 2. The fourth-order valence-electron chi connectivity index (χ4n) is 2.73. The van der Waals surface area contributed by atoms with Gasteiger partial charge in [-0.05, 0) is 24.3 Å². The second kappa shape index (κ2) is 8.82. The number of hydrogen-bond acceptors (Lipinski definition) is 5. The summed E-state index contributed by atoms with van der Waals surface area (Å²) < 4.78 is 86.2. The second-order valence-electron chi connectivity index (χ2n) is 6.33. The van der Waals surface area contributed by atoms with Gasteiger partial charge in [0.25, 0.3) is 11.8 Å². The number of imide groups is 1. The van der Waals surface area contributed by atoms with Crippen molar-refractivity contribution in [2.75, 3.05) is 18.5 Å². The van der Waals surface area contributed by atoms with Crippen LogP contribution in [0.4, 0.5) is 32.0 Å². The van der Waals surface area contributed by atoms with Gasteiger partial charge in [-0.2, -0.15) is 13.2 Å². The van der Waals surface area contributed by atoms with Crippen molar-refractivity contribution in [1.82, 2.24) is 4.90 Å². The number of rotatable bonds is 6. The first kappa shape index (κ1) is 23.6. The first-order valence-corrected chi connectivity index (χ1v) is 9.40. The Bertz CT molecular complexity index is 1110. The van der Waals surface area contributed by atoms with E-state index in [9.17, 15) is 35.9 Å². The number of nitrogens with zero attached hydrogens (tertiary/aromatic N) is 1. The Kier molecular flexibility index (Phi) is 6.51. The van der Waals surface area contributed by atoms with Gasteiger partial charge in [0.15, 0.2) is 29.0 Å². The Morgan fingerprint density at radius 2 is 1.66 bits per heavy atom. The highest BCUT2D eigenvalue weighted by Gasteiger charge is 2.34. The Morgan fingerprint density at radius 1 is 1.03 bits per heavy atom. The third kappa shape index (κ3) is 4.72. The predicted octanol–water partition coefficient (Wildman–Crippen LogP) is 4.33. The van der Waals surface area contributed by atoms with Crippen LogP contribution in [-0.4, -0.2) is 35.0 Å². The number of halogens is 7. The van der Waals surface area contributed by atoms with E-state index in [0.717, 1.165) is 18.2 Å². The van der Waals surface area contributed by atoms with Gasteiger partial charge >= 0.3 is 6.18 Å². The molecule has 2 aromatic carbocycles. The molecule has 1 heterocycles. The molecule has 13 heteroatoms. The molecule has 1 aliphatic rings. The molecule has 32 heavy (non-hydrogen) atoms. The third-order valence-electron chi connectivity index (χ3n) is 4.15. The van der Waals surface area contributed by atoms with Crippen LogP contribution in [0.3, 0.4) is 0 Å². The minimum Gasteiger partial charge on any atom is -0.449 e. The number of aliphatic hydroxyl groups excluding tert-OH is 1. The van der Waals surface area contributed by atoms with E-state index in [1.807, 2.05) is 0 Å². The number of β-amino-alcohol motifs (C(OH)–C–C–N with tert-alkyl or cyclic N) is 1. The monoisotopic (exact) mass is 524 g/mol. The molecule has 0 aliphatic carbocycles. The normalized spacial score (nSPS) is 14.1. The molecular weight excluding hydrogens is 514 g/mol. The first-order chi connectivity index (χ1) is 14.9. The molecule has 0 saturated heterocycles. The first-order valence-electron chi connectivity index (χ1n) is 8.61. The van der Waals surface area contributed by atoms with E-state index >= 15 is 0 Å². The number of benzene rings is 2. The molecule has 0 atom stereocenters. The van der Waals surface area contributed by atoms with Gasteiger partial charge in [0.05, 0.1) is 18.7 Å². The summed E-state index contributed by atoms with van der Waals surface area (Å²) in [7, 11) is 0. The van der Waals surface area contributed by atoms with Crippen LogP contribution < -0.4 is 10.1 Å². The highest BCUT2D eigenvalue weighted by Crippen LogP contribution is 2.40. The number of anilines is 1. The smallest absolute Gasteiger partial charge is 0.416 e. The van der Waals surface area contributed by atoms with Crippen LogP contribution in [-0.2, 0) is 15.8 Å². The van der Waals surface area contributed by atoms with Crippen molar-refractivity contribution in [2.45, 2.75) is 6.18 Å². The van der Waals surface area contributed by atoms with E-state index in [1.165, 1.54) is 0 Å². The van der Waals surface area contributed by atoms with Crippen molar-refractivity contribution in [1.29, 1.82) is 0 Å². The Balaban J connectivity index is 1.99. The van der Waals surface area contributed by atoms with Gasteiger partial charge in [0.2, 0.25) is 0 Å². The largest absolute Gasteiger partial charge is 0.449 e. The summed E-state index contributed by atoms with van der Waals surface area (Å²) in [5.74, 6) is -8.05. The van der Waals surface area contributed by atoms with E-state index in [1.54, 1.807) is 0 Å². The zero-order valence-electron chi connectivity index (χ0n) is 15.6. The lowest BCUT2D eigenvalue weighted by atomic mass is 10.2. The Morgan fingerprint density at radius 3 is 2.22 bits per heavy atom. The SMILES string of the molecule is O=C1C=C(Nc2c(F)cc(Br)cc2Oc2c(F)cc(C(F)(F)F)cc2F)C(=O)N1CCO. The number of aliphatic hydroxyl groups is 1. The predicted molar refractivity (Wildman–Crippen MR) is 101 cm³/mol. The van der Waals surface area contributed by atoms with Gasteiger partial charge in [-0.15, -0.1) is 0 Å². The molecule has 0 aromatic heterocycles. The van der Waals surface area contributed by atoms with Crippen molar-refractivity contribution in [3.63, 3.8) is 0 Å². The number of alkyl halides is 3. The maximum Gasteiger partial charge on any atom is 0.416 e. The van der Waals surface area contributed by atoms with Crippen molar-refractivity contribution in [2.24, 2.45) is 0 Å². The molecule has 3 rings (SSSR count). The van der Waals surface area contributed by atoms with E-state index in [2.05, 4.69) is 21.2 Å². The van der Waals surface area contributed by atoms with Crippen LogP contribution in [0.15, 0.2) is 40.5 Å². The quantitative estimate of drug-likeness (QED) is 0.434. The number of hydrogen-bond donors (Lipinski definition) is 2. The molecule has 0 spiro atoms. The van der Waals surface area contributed by atoms with Gasteiger partial charge in [0, 0.05) is 10.5 Å². The van der Waals surface area contributed by atoms with Crippen LogP contribution in [0.25, 0.3) is 0 Å². The van der Waals surface area contributed by atoms with Gasteiger partial charge in [0.1, 0.15) is 11.4 Å². The van der Waals surface area contributed by atoms with E-state index in [0.29, 0.717) is 4.90 Å². The molecule has 2 aromatic rings. The Hall–Kier alpha value is -3.06. The van der Waals surface area contributed by atoms with Crippen molar-refractivity contribution < 1.29 is 45.8 Å². The molecule has 0 unspecified atom stereocenters. The minimum atomic E-state index is -5.02. The lowest BCUT2D eigenvalue weighted by molar-refractivity contribution is -0.138. The van der Waals surface area contributed by atoms with Gasteiger partial charge in [-0.25, -0.2) is 13.2 Å². The molecule has 0 saturated carbocycles. The number of carbonyl (C=O) groups is 2. The summed E-state index contributed by atoms with van der Waals surface area (Å²) in [6.45, 7) is -0.848. The second-order valence-corrected chi connectivity index (χ2v) is 7.25. The van der Waals surface area contributed by atoms with Crippen molar-refractivity contribution >= 4 is 33.4 Å². The average Bonchev–Trinajstić information content (AvgIpc) is 2.94. The summed E-state index contributed by atoms with van der Waals surface area (Å²) in [5.41, 5.74) is -2.64. The molecule has 2 N–H and O–H groups in total. The highest BCUT2D eigenvalue weighted by atomic mass is 79.9. The van der Waals surface area contributed by atoms with Gasteiger partial charge < -0.3 is 15.2 Å². The molecule has 0 radical (unpaired) electrons. The maximum atomic E-state index is 14.6. The molecule has 170 valence electrons. The summed E-state index contributed by atoms with van der Waals surface area (Å²) >= 11 is 2.94. The number of nitrogens with one attached hydrogen (secondary N) is 1. The van der Waals surface area contributed by atoms with Crippen LogP contribution >= 0.6 is 15.9 Å². The standard InChI is InChI=1S/C19H11BrF6N2O4/c20-9-5-10(21)16(27-13-7-15(30)28(1-2-29)18(13)31)14(6-9)32-17-11(22)3-8(4-12(17)23)19(24,25)26/h3-7,27,29H,1-2H2. The molecule has 0 fully saturated rings. The van der Waals surface area contributed by atoms with Crippen LogP contribution in [0, 0.1) is 17.5 Å². The third-order valence-corrected chi connectivity index (χ3v) is 4.61. The lowest BCUT2D eigenvalue weighted by Gasteiger charge is -2.17. The molecular formula is C19H11BrF6N2O4. The molecule has 6 nitrogen and oxygen atoms in total. The summed E-state index contributed by atoms with van der Waals surface area (Å²) in [6, 6.07) is 1.96. The zero-order chi connectivity index (χ0) is 23.8.